The number of furan rings is 1. The molecule has 2 N–H and O–H groups in total. The van der Waals surface area contributed by atoms with Gasteiger partial charge in [-0.2, -0.15) is 0 Å². The Bertz CT molecular complexity index is 478. The third-order valence-corrected chi connectivity index (χ3v) is 3.02. The van der Waals surface area contributed by atoms with Crippen LogP contribution in [0.1, 0.15) is 22.9 Å². The van der Waals surface area contributed by atoms with E-state index in [0.717, 1.165) is 22.2 Å². The van der Waals surface area contributed by atoms with E-state index in [1.54, 1.807) is 6.26 Å². The number of benzene rings is 1. The maximum atomic E-state index is 6.12. The number of nitrogens with two attached hydrogens (primary N) is 1. The molecule has 0 aliphatic heterocycles. The summed E-state index contributed by atoms with van der Waals surface area (Å²) in [5.74, 6) is 0.902. The Kier molecular flexibility index (Phi) is 3.46. The van der Waals surface area contributed by atoms with Crippen LogP contribution in [-0.4, -0.2) is 0 Å². The number of aryl methyl sites for hydroxylation is 1. The largest absolute Gasteiger partial charge is 0.469 e. The van der Waals surface area contributed by atoms with E-state index in [0.29, 0.717) is 0 Å². The van der Waals surface area contributed by atoms with Crippen molar-refractivity contribution in [1.82, 2.24) is 0 Å². The predicted octanol–water partition coefficient (Wildman–Crippen LogP) is 3.59. The molecule has 0 spiro atoms. The van der Waals surface area contributed by atoms with Crippen LogP contribution in [0.2, 0.25) is 0 Å². The molecule has 0 aliphatic carbocycles. The molecule has 1 atom stereocenters. The Morgan fingerprint density at radius 2 is 2.19 bits per heavy atom. The molecule has 1 unspecified atom stereocenters. The number of hydrogen-bond donors (Lipinski definition) is 1. The molecule has 0 amide bonds. The minimum absolute atomic E-state index is 0.00764. The summed E-state index contributed by atoms with van der Waals surface area (Å²) >= 11 is 3.45. The zero-order valence-corrected chi connectivity index (χ0v) is 10.7. The molecular weight excluding hydrogens is 266 g/mol. The molecule has 16 heavy (non-hydrogen) atoms. The fraction of sp³-hybridized carbons (Fsp3) is 0.231. The summed E-state index contributed by atoms with van der Waals surface area (Å²) in [6, 6.07) is 10.2. The van der Waals surface area contributed by atoms with Crippen molar-refractivity contribution in [2.45, 2.75) is 19.4 Å². The summed E-state index contributed by atoms with van der Waals surface area (Å²) in [7, 11) is 0. The van der Waals surface area contributed by atoms with Gasteiger partial charge in [0.2, 0.25) is 0 Å². The van der Waals surface area contributed by atoms with Gasteiger partial charge in [0.15, 0.2) is 0 Å². The fourth-order valence-electron chi connectivity index (χ4n) is 1.69. The normalized spacial score (nSPS) is 12.7. The predicted molar refractivity (Wildman–Crippen MR) is 68.2 cm³/mol. The molecule has 0 saturated heterocycles. The highest BCUT2D eigenvalue weighted by Gasteiger charge is 2.09. The van der Waals surface area contributed by atoms with Gasteiger partial charge in [0.05, 0.1) is 6.26 Å². The minimum atomic E-state index is -0.00764. The van der Waals surface area contributed by atoms with E-state index in [2.05, 4.69) is 28.1 Å². The Morgan fingerprint density at radius 1 is 1.38 bits per heavy atom. The van der Waals surface area contributed by atoms with Crippen LogP contribution in [0.3, 0.4) is 0 Å². The van der Waals surface area contributed by atoms with Gasteiger partial charge in [0.25, 0.3) is 0 Å². The van der Waals surface area contributed by atoms with Gasteiger partial charge in [-0.05, 0) is 37.1 Å². The van der Waals surface area contributed by atoms with E-state index in [9.17, 15) is 0 Å². The maximum Gasteiger partial charge on any atom is 0.101 e. The van der Waals surface area contributed by atoms with Crippen molar-refractivity contribution >= 4 is 15.9 Å². The lowest BCUT2D eigenvalue weighted by molar-refractivity contribution is 0.528. The van der Waals surface area contributed by atoms with Crippen LogP contribution >= 0.6 is 15.9 Å². The lowest BCUT2D eigenvalue weighted by atomic mass is 10.0. The van der Waals surface area contributed by atoms with Gasteiger partial charge < -0.3 is 10.2 Å². The SMILES string of the molecule is Cc1cc(C(N)Cc2cccc(Br)c2)co1. The van der Waals surface area contributed by atoms with Crippen LogP contribution in [-0.2, 0) is 6.42 Å². The zero-order chi connectivity index (χ0) is 11.5. The molecule has 1 aromatic heterocycles. The topological polar surface area (TPSA) is 39.2 Å². The first-order chi connectivity index (χ1) is 7.65. The first-order valence-electron chi connectivity index (χ1n) is 5.20. The lowest BCUT2D eigenvalue weighted by Crippen LogP contribution is -2.12. The van der Waals surface area contributed by atoms with Crippen molar-refractivity contribution in [3.05, 3.63) is 58.0 Å². The number of halogens is 1. The molecule has 0 bridgehead atoms. The highest BCUT2D eigenvalue weighted by atomic mass is 79.9. The van der Waals surface area contributed by atoms with E-state index >= 15 is 0 Å². The fourth-order valence-corrected chi connectivity index (χ4v) is 2.14. The highest BCUT2D eigenvalue weighted by molar-refractivity contribution is 9.10. The molecule has 1 heterocycles. The smallest absolute Gasteiger partial charge is 0.101 e. The molecular formula is C13H14BrNO. The first-order valence-corrected chi connectivity index (χ1v) is 5.99. The summed E-state index contributed by atoms with van der Waals surface area (Å²) in [6.07, 6.45) is 2.55. The van der Waals surface area contributed by atoms with E-state index < -0.39 is 0 Å². The van der Waals surface area contributed by atoms with E-state index in [-0.39, 0.29) is 6.04 Å². The average molecular weight is 280 g/mol. The molecule has 2 nitrogen and oxygen atoms in total. The Hall–Kier alpha value is -1.06. The monoisotopic (exact) mass is 279 g/mol. The number of rotatable bonds is 3. The standard InChI is InChI=1S/C13H14BrNO/c1-9-5-11(8-16-9)13(15)7-10-3-2-4-12(14)6-10/h2-6,8,13H,7,15H2,1H3. The number of hydrogen-bond acceptors (Lipinski definition) is 2. The molecule has 0 aliphatic rings. The van der Waals surface area contributed by atoms with Crippen molar-refractivity contribution in [1.29, 1.82) is 0 Å². The molecule has 84 valence electrons. The summed E-state index contributed by atoms with van der Waals surface area (Å²) in [4.78, 5) is 0. The second-order valence-corrected chi connectivity index (χ2v) is 4.85. The van der Waals surface area contributed by atoms with Gasteiger partial charge in [-0.1, -0.05) is 28.1 Å². The van der Waals surface area contributed by atoms with Crippen molar-refractivity contribution in [3.63, 3.8) is 0 Å². The third kappa shape index (κ3) is 2.74. The molecule has 2 rings (SSSR count). The summed E-state index contributed by atoms with van der Waals surface area (Å²) in [6.45, 7) is 1.93. The van der Waals surface area contributed by atoms with Crippen LogP contribution in [0.15, 0.2) is 45.5 Å². The quantitative estimate of drug-likeness (QED) is 0.933. The van der Waals surface area contributed by atoms with Crippen molar-refractivity contribution < 1.29 is 4.42 Å². The highest BCUT2D eigenvalue weighted by Crippen LogP contribution is 2.20. The van der Waals surface area contributed by atoms with Crippen LogP contribution in [0.5, 0.6) is 0 Å². The second-order valence-electron chi connectivity index (χ2n) is 3.93. The maximum absolute atomic E-state index is 6.12. The second kappa shape index (κ2) is 4.85. The van der Waals surface area contributed by atoms with Crippen LogP contribution in [0.4, 0.5) is 0 Å². The van der Waals surface area contributed by atoms with Crippen LogP contribution in [0.25, 0.3) is 0 Å². The van der Waals surface area contributed by atoms with Gasteiger partial charge in [-0.25, -0.2) is 0 Å². The Labute approximate surface area is 104 Å². The van der Waals surface area contributed by atoms with E-state index in [4.69, 9.17) is 10.2 Å². The van der Waals surface area contributed by atoms with Crippen LogP contribution in [0, 0.1) is 6.92 Å². The average Bonchev–Trinajstić information content (AvgIpc) is 2.65. The summed E-state index contributed by atoms with van der Waals surface area (Å²) in [5, 5.41) is 0. The van der Waals surface area contributed by atoms with E-state index in [1.807, 2.05) is 25.1 Å². The first kappa shape index (κ1) is 11.4. The van der Waals surface area contributed by atoms with Gasteiger partial charge in [0.1, 0.15) is 5.76 Å². The molecule has 0 fully saturated rings. The van der Waals surface area contributed by atoms with Crippen molar-refractivity contribution in [3.8, 4) is 0 Å². The van der Waals surface area contributed by atoms with Gasteiger partial charge >= 0.3 is 0 Å². The van der Waals surface area contributed by atoms with Gasteiger partial charge in [-0.3, -0.25) is 0 Å². The lowest BCUT2D eigenvalue weighted by Gasteiger charge is -2.09. The van der Waals surface area contributed by atoms with Gasteiger partial charge in [0, 0.05) is 16.1 Å². The van der Waals surface area contributed by atoms with Gasteiger partial charge in [-0.15, -0.1) is 0 Å². The Balaban J connectivity index is 2.10. The minimum Gasteiger partial charge on any atom is -0.469 e. The molecule has 3 heteroatoms. The van der Waals surface area contributed by atoms with Crippen molar-refractivity contribution in [2.75, 3.05) is 0 Å². The third-order valence-electron chi connectivity index (χ3n) is 2.52. The van der Waals surface area contributed by atoms with Crippen LogP contribution < -0.4 is 5.73 Å². The molecule has 0 radical (unpaired) electrons. The zero-order valence-electron chi connectivity index (χ0n) is 9.11. The molecule has 2 aromatic rings. The molecule has 0 saturated carbocycles. The Morgan fingerprint density at radius 3 is 2.81 bits per heavy atom. The summed E-state index contributed by atoms with van der Waals surface area (Å²) in [5.41, 5.74) is 8.39. The molecule has 1 aromatic carbocycles. The van der Waals surface area contributed by atoms with Crippen molar-refractivity contribution in [2.24, 2.45) is 5.73 Å². The van der Waals surface area contributed by atoms with E-state index in [1.165, 1.54) is 5.56 Å². The summed E-state index contributed by atoms with van der Waals surface area (Å²) < 4.78 is 6.34.